The molecule has 1 unspecified atom stereocenters. The number of likely N-dealkylation sites (N-methyl/N-ethyl adjacent to an activating group) is 1. The number of likely N-dealkylation sites (tertiary alicyclic amines) is 1. The molecule has 2 aromatic carbocycles. The van der Waals surface area contributed by atoms with Crippen LogP contribution in [-0.4, -0.2) is 51.2 Å². The summed E-state index contributed by atoms with van der Waals surface area (Å²) in [6.07, 6.45) is 3.09. The zero-order valence-corrected chi connectivity index (χ0v) is 19.5. The first-order chi connectivity index (χ1) is 16.1. The fourth-order valence-electron chi connectivity index (χ4n) is 5.33. The number of carbonyl (C=O) groups excluding carboxylic acids is 2. The zero-order valence-electron chi connectivity index (χ0n) is 18.7. The Morgan fingerprint density at radius 1 is 1.18 bits per heavy atom. The van der Waals surface area contributed by atoms with Gasteiger partial charge in [0.25, 0.3) is 15.9 Å². The Morgan fingerprint density at radius 2 is 1.94 bits per heavy atom. The molecule has 1 atom stereocenters. The third kappa shape index (κ3) is 3.78. The second-order valence-electron chi connectivity index (χ2n) is 9.49. The average molecular weight is 490 g/mol. The number of hydrogen-bond donors (Lipinski definition) is 2. The molecule has 180 valence electrons. The number of nitrogens with one attached hydrogen (secondary N) is 2. The summed E-state index contributed by atoms with van der Waals surface area (Å²) < 4.78 is 55.6. The Bertz CT molecular complexity index is 1310. The number of sulfonamides is 1. The number of halogens is 2. The van der Waals surface area contributed by atoms with Crippen molar-refractivity contribution in [2.75, 3.05) is 24.9 Å². The number of fused-ring (bicyclic) bond motifs is 2. The van der Waals surface area contributed by atoms with Crippen LogP contribution in [0.4, 0.5) is 14.5 Å². The van der Waals surface area contributed by atoms with Gasteiger partial charge in [0, 0.05) is 36.3 Å². The predicted molar refractivity (Wildman–Crippen MR) is 121 cm³/mol. The van der Waals surface area contributed by atoms with Crippen LogP contribution in [0.2, 0.25) is 0 Å². The van der Waals surface area contributed by atoms with Crippen molar-refractivity contribution in [3.05, 3.63) is 58.7 Å². The smallest absolute Gasteiger partial charge is 0.264 e. The quantitative estimate of drug-likeness (QED) is 0.674. The highest BCUT2D eigenvalue weighted by Gasteiger charge is 2.51. The fraction of sp³-hybridized carbons (Fsp3) is 0.417. The average Bonchev–Trinajstić information content (AvgIpc) is 3.25. The molecule has 3 aliphatic rings. The molecular formula is C24H25F2N3O4S. The number of hydrogen-bond acceptors (Lipinski definition) is 5. The summed E-state index contributed by atoms with van der Waals surface area (Å²) in [4.78, 5) is 27.6. The summed E-state index contributed by atoms with van der Waals surface area (Å²) in [5.41, 5.74) is 0.917. The number of anilines is 1. The van der Waals surface area contributed by atoms with Gasteiger partial charge in [-0.3, -0.25) is 14.3 Å². The summed E-state index contributed by atoms with van der Waals surface area (Å²) in [5, 5.41) is 3.00. The molecule has 1 saturated heterocycles. The zero-order chi connectivity index (χ0) is 24.3. The largest absolute Gasteiger partial charge is 0.348 e. The highest BCUT2D eigenvalue weighted by Crippen LogP contribution is 2.52. The number of Topliss-reactive ketones (excluding diaryl/α,β-unsaturated/α-hetero) is 1. The van der Waals surface area contributed by atoms with Crippen molar-refractivity contribution < 1.29 is 26.8 Å². The first-order valence-electron chi connectivity index (χ1n) is 11.3. The van der Waals surface area contributed by atoms with Gasteiger partial charge in [-0.25, -0.2) is 17.2 Å². The molecule has 1 amide bonds. The van der Waals surface area contributed by atoms with Crippen molar-refractivity contribution in [3.8, 4) is 0 Å². The van der Waals surface area contributed by atoms with E-state index in [4.69, 9.17) is 0 Å². The molecule has 10 heteroatoms. The molecule has 1 heterocycles. The first-order valence-corrected chi connectivity index (χ1v) is 12.8. The lowest BCUT2D eigenvalue weighted by molar-refractivity contribution is -0.125. The van der Waals surface area contributed by atoms with Gasteiger partial charge in [0.15, 0.2) is 0 Å². The van der Waals surface area contributed by atoms with Crippen molar-refractivity contribution in [2.24, 2.45) is 0 Å². The van der Waals surface area contributed by atoms with E-state index in [1.165, 1.54) is 6.07 Å². The Kier molecular flexibility index (Phi) is 5.48. The Morgan fingerprint density at radius 3 is 2.56 bits per heavy atom. The van der Waals surface area contributed by atoms with Crippen LogP contribution >= 0.6 is 0 Å². The third-order valence-electron chi connectivity index (χ3n) is 7.25. The lowest BCUT2D eigenvalue weighted by Crippen LogP contribution is -2.39. The standard InChI is InChI=1S/C24H25F2N3O4S/c1-29-8-5-15(13-29)27-23(31)18-10-16(11-19-17(18)12-22(30)24(19)6-2-7-24)28-34(32,33)21-4-3-14(25)9-20(21)26/h3-4,9-11,15,28H,2,5-8,12-13H2,1H3,(H,27,31). The molecule has 2 aliphatic carbocycles. The van der Waals surface area contributed by atoms with Gasteiger partial charge in [0.05, 0.1) is 5.41 Å². The number of nitrogens with zero attached hydrogens (tertiary/aromatic N) is 1. The van der Waals surface area contributed by atoms with Crippen molar-refractivity contribution in [3.63, 3.8) is 0 Å². The number of ketones is 1. The molecule has 0 radical (unpaired) electrons. The van der Waals surface area contributed by atoms with E-state index in [2.05, 4.69) is 14.9 Å². The molecule has 5 rings (SSSR count). The lowest BCUT2D eigenvalue weighted by atomic mass is 9.64. The molecule has 0 aromatic heterocycles. The van der Waals surface area contributed by atoms with Gasteiger partial charge < -0.3 is 10.2 Å². The second kappa shape index (κ2) is 8.13. The maximum atomic E-state index is 14.2. The molecule has 2 N–H and O–H groups in total. The van der Waals surface area contributed by atoms with Gasteiger partial charge >= 0.3 is 0 Å². The van der Waals surface area contributed by atoms with Gasteiger partial charge in [0.2, 0.25) is 0 Å². The Balaban J connectivity index is 1.54. The van der Waals surface area contributed by atoms with Gasteiger partial charge in [-0.05, 0) is 68.2 Å². The molecule has 1 spiro atoms. The fourth-order valence-corrected chi connectivity index (χ4v) is 6.43. The summed E-state index contributed by atoms with van der Waals surface area (Å²) in [5.74, 6) is -2.44. The maximum Gasteiger partial charge on any atom is 0.264 e. The molecule has 7 nitrogen and oxygen atoms in total. The van der Waals surface area contributed by atoms with Crippen LogP contribution in [0, 0.1) is 11.6 Å². The minimum Gasteiger partial charge on any atom is -0.348 e. The Labute approximate surface area is 196 Å². The van der Waals surface area contributed by atoms with Gasteiger partial charge in [-0.15, -0.1) is 0 Å². The number of benzene rings is 2. The molecule has 2 fully saturated rings. The summed E-state index contributed by atoms with van der Waals surface area (Å²) in [6.45, 7) is 1.56. The van der Waals surface area contributed by atoms with Crippen LogP contribution in [0.15, 0.2) is 35.2 Å². The van der Waals surface area contributed by atoms with E-state index in [9.17, 15) is 26.8 Å². The SMILES string of the molecule is CN1CCC(NC(=O)c2cc(NS(=O)(=O)c3ccc(F)cc3F)cc3c2CC(=O)C32CCC2)C1. The van der Waals surface area contributed by atoms with Crippen molar-refractivity contribution in [1.29, 1.82) is 0 Å². The summed E-state index contributed by atoms with van der Waals surface area (Å²) in [6, 6.07) is 5.14. The van der Waals surface area contributed by atoms with E-state index >= 15 is 0 Å². The third-order valence-corrected chi connectivity index (χ3v) is 8.67. The monoisotopic (exact) mass is 489 g/mol. The highest BCUT2D eigenvalue weighted by atomic mass is 32.2. The topological polar surface area (TPSA) is 95.6 Å². The van der Waals surface area contributed by atoms with E-state index in [0.717, 1.165) is 31.5 Å². The van der Waals surface area contributed by atoms with Crippen LogP contribution in [0.25, 0.3) is 0 Å². The second-order valence-corrected chi connectivity index (χ2v) is 11.1. The van der Waals surface area contributed by atoms with Crippen LogP contribution < -0.4 is 10.0 Å². The minimum atomic E-state index is -4.40. The molecule has 1 saturated carbocycles. The number of carbonyl (C=O) groups is 2. The molecule has 1 aliphatic heterocycles. The molecular weight excluding hydrogens is 464 g/mol. The maximum absolute atomic E-state index is 14.2. The molecule has 34 heavy (non-hydrogen) atoms. The van der Waals surface area contributed by atoms with Crippen LogP contribution in [-0.2, 0) is 26.7 Å². The predicted octanol–water partition coefficient (Wildman–Crippen LogP) is 2.75. The van der Waals surface area contributed by atoms with Crippen LogP contribution in [0.1, 0.15) is 47.2 Å². The number of amides is 1. The minimum absolute atomic E-state index is 0.0352. The van der Waals surface area contributed by atoms with E-state index in [-0.39, 0.29) is 35.4 Å². The normalized spacial score (nSPS) is 21.4. The van der Waals surface area contributed by atoms with E-state index < -0.39 is 32.0 Å². The molecule has 0 bridgehead atoms. The van der Waals surface area contributed by atoms with Gasteiger partial charge in [0.1, 0.15) is 22.3 Å². The van der Waals surface area contributed by atoms with E-state index in [1.807, 2.05) is 7.05 Å². The number of rotatable bonds is 5. The van der Waals surface area contributed by atoms with Crippen molar-refractivity contribution >= 4 is 27.4 Å². The lowest BCUT2D eigenvalue weighted by Gasteiger charge is -2.37. The van der Waals surface area contributed by atoms with Gasteiger partial charge in [-0.2, -0.15) is 0 Å². The highest BCUT2D eigenvalue weighted by molar-refractivity contribution is 7.92. The first kappa shape index (κ1) is 22.9. The van der Waals surface area contributed by atoms with E-state index in [0.29, 0.717) is 36.6 Å². The van der Waals surface area contributed by atoms with E-state index in [1.54, 1.807) is 6.07 Å². The van der Waals surface area contributed by atoms with Crippen LogP contribution in [0.3, 0.4) is 0 Å². The van der Waals surface area contributed by atoms with Crippen molar-refractivity contribution in [1.82, 2.24) is 10.2 Å². The van der Waals surface area contributed by atoms with Crippen LogP contribution in [0.5, 0.6) is 0 Å². The Hall–Kier alpha value is -2.85. The van der Waals surface area contributed by atoms with Gasteiger partial charge in [-0.1, -0.05) is 6.42 Å². The van der Waals surface area contributed by atoms with Crippen molar-refractivity contribution in [2.45, 2.75) is 48.5 Å². The molecule has 2 aromatic rings. The summed E-state index contributed by atoms with van der Waals surface area (Å²) >= 11 is 0. The summed E-state index contributed by atoms with van der Waals surface area (Å²) in [7, 11) is -2.44.